The number of carbonyl (C=O) groups is 1. The lowest BCUT2D eigenvalue weighted by Crippen LogP contribution is -2.27. The fourth-order valence-electron chi connectivity index (χ4n) is 2.12. The van der Waals surface area contributed by atoms with Crippen LogP contribution in [-0.2, 0) is 0 Å². The molecule has 1 unspecified atom stereocenters. The van der Waals surface area contributed by atoms with E-state index in [2.05, 4.69) is 21.2 Å². The van der Waals surface area contributed by atoms with Gasteiger partial charge in [-0.25, -0.2) is 0 Å². The Hall–Kier alpha value is -1.81. The number of ether oxygens (including phenoxy) is 1. The monoisotopic (exact) mass is 347 g/mol. The van der Waals surface area contributed by atoms with Crippen LogP contribution in [0.3, 0.4) is 0 Å². The summed E-state index contributed by atoms with van der Waals surface area (Å²) < 4.78 is 6.14. The van der Waals surface area contributed by atoms with Crippen molar-refractivity contribution in [2.75, 3.05) is 7.11 Å². The fourth-order valence-corrected chi connectivity index (χ4v) is 2.49. The Labute approximate surface area is 133 Å². The van der Waals surface area contributed by atoms with Crippen molar-refractivity contribution in [1.29, 1.82) is 0 Å². The highest BCUT2D eigenvalue weighted by atomic mass is 79.9. The van der Waals surface area contributed by atoms with Gasteiger partial charge in [-0.1, -0.05) is 34.1 Å². The number of nitrogens with one attached hydrogen (secondary N) is 1. The SMILES string of the molecule is COc1cccc(C(C)NC(=O)c2cccc(Br)c2C)c1. The Bertz CT molecular complexity index is 655. The van der Waals surface area contributed by atoms with Crippen molar-refractivity contribution < 1.29 is 9.53 Å². The normalized spacial score (nSPS) is 11.8. The number of hydrogen-bond acceptors (Lipinski definition) is 2. The van der Waals surface area contributed by atoms with Crippen LogP contribution in [0.4, 0.5) is 0 Å². The van der Waals surface area contributed by atoms with Gasteiger partial charge in [0.25, 0.3) is 5.91 Å². The van der Waals surface area contributed by atoms with Crippen molar-refractivity contribution in [2.24, 2.45) is 0 Å². The van der Waals surface area contributed by atoms with Crippen molar-refractivity contribution in [3.8, 4) is 5.75 Å². The lowest BCUT2D eigenvalue weighted by molar-refractivity contribution is 0.0939. The van der Waals surface area contributed by atoms with Gasteiger partial charge < -0.3 is 10.1 Å². The first-order valence-electron chi connectivity index (χ1n) is 6.73. The summed E-state index contributed by atoms with van der Waals surface area (Å²) in [6.07, 6.45) is 0. The van der Waals surface area contributed by atoms with Gasteiger partial charge >= 0.3 is 0 Å². The molecule has 0 fully saturated rings. The van der Waals surface area contributed by atoms with Gasteiger partial charge in [0.1, 0.15) is 5.75 Å². The zero-order valence-corrected chi connectivity index (χ0v) is 13.9. The van der Waals surface area contributed by atoms with Crippen LogP contribution in [0.25, 0.3) is 0 Å². The van der Waals surface area contributed by atoms with Crippen LogP contribution in [0, 0.1) is 6.92 Å². The molecular formula is C17H18BrNO2. The second-order valence-electron chi connectivity index (χ2n) is 4.88. The molecule has 3 nitrogen and oxygen atoms in total. The minimum absolute atomic E-state index is 0.0795. The Morgan fingerprint density at radius 2 is 1.95 bits per heavy atom. The van der Waals surface area contributed by atoms with Crippen LogP contribution in [-0.4, -0.2) is 13.0 Å². The van der Waals surface area contributed by atoms with Crippen molar-refractivity contribution in [1.82, 2.24) is 5.32 Å². The lowest BCUT2D eigenvalue weighted by atomic mass is 10.1. The molecule has 1 N–H and O–H groups in total. The molecule has 0 heterocycles. The molecule has 1 amide bonds. The molecule has 21 heavy (non-hydrogen) atoms. The average Bonchev–Trinajstić information content (AvgIpc) is 2.49. The first-order chi connectivity index (χ1) is 10.0. The van der Waals surface area contributed by atoms with E-state index in [4.69, 9.17) is 4.74 Å². The van der Waals surface area contributed by atoms with Crippen molar-refractivity contribution in [3.63, 3.8) is 0 Å². The molecule has 0 aliphatic rings. The molecule has 0 spiro atoms. The van der Waals surface area contributed by atoms with E-state index in [1.165, 1.54) is 0 Å². The predicted molar refractivity (Wildman–Crippen MR) is 87.8 cm³/mol. The quantitative estimate of drug-likeness (QED) is 0.897. The van der Waals surface area contributed by atoms with E-state index in [0.717, 1.165) is 21.3 Å². The maximum Gasteiger partial charge on any atom is 0.252 e. The number of hydrogen-bond donors (Lipinski definition) is 1. The molecule has 110 valence electrons. The zero-order chi connectivity index (χ0) is 15.4. The van der Waals surface area contributed by atoms with E-state index >= 15 is 0 Å². The second kappa shape index (κ2) is 6.76. The number of benzene rings is 2. The molecule has 0 saturated heterocycles. The molecule has 0 aliphatic carbocycles. The number of methoxy groups -OCH3 is 1. The van der Waals surface area contributed by atoms with E-state index < -0.39 is 0 Å². The van der Waals surface area contributed by atoms with Crippen LogP contribution < -0.4 is 10.1 Å². The molecule has 2 aromatic rings. The molecule has 0 bridgehead atoms. The van der Waals surface area contributed by atoms with Crippen LogP contribution in [0.5, 0.6) is 5.75 Å². The summed E-state index contributed by atoms with van der Waals surface area (Å²) in [5.41, 5.74) is 2.63. The zero-order valence-electron chi connectivity index (χ0n) is 12.3. The minimum Gasteiger partial charge on any atom is -0.497 e. The summed E-state index contributed by atoms with van der Waals surface area (Å²) >= 11 is 3.45. The number of amides is 1. The molecule has 0 aromatic heterocycles. The number of halogens is 1. The predicted octanol–water partition coefficient (Wildman–Crippen LogP) is 4.26. The van der Waals surface area contributed by atoms with Gasteiger partial charge in [-0.15, -0.1) is 0 Å². The summed E-state index contributed by atoms with van der Waals surface area (Å²) in [4.78, 5) is 12.4. The first kappa shape index (κ1) is 15.6. The highest BCUT2D eigenvalue weighted by molar-refractivity contribution is 9.10. The molecule has 0 radical (unpaired) electrons. The third kappa shape index (κ3) is 3.64. The van der Waals surface area contributed by atoms with Gasteiger partial charge in [-0.2, -0.15) is 0 Å². The van der Waals surface area contributed by atoms with E-state index in [9.17, 15) is 4.79 Å². The maximum atomic E-state index is 12.4. The van der Waals surface area contributed by atoms with Gasteiger partial charge in [-0.3, -0.25) is 4.79 Å². The highest BCUT2D eigenvalue weighted by Crippen LogP contribution is 2.22. The minimum atomic E-state index is -0.0917. The van der Waals surface area contributed by atoms with E-state index in [0.29, 0.717) is 5.56 Å². The lowest BCUT2D eigenvalue weighted by Gasteiger charge is -2.16. The summed E-state index contributed by atoms with van der Waals surface area (Å²) in [7, 11) is 1.63. The Balaban J connectivity index is 2.16. The van der Waals surface area contributed by atoms with Crippen LogP contribution in [0.15, 0.2) is 46.9 Å². The standard InChI is InChI=1S/C17H18BrNO2/c1-11-15(8-5-9-16(11)18)17(20)19-12(2)13-6-4-7-14(10-13)21-3/h4-10,12H,1-3H3,(H,19,20). The Kier molecular flexibility index (Phi) is 5.02. The summed E-state index contributed by atoms with van der Waals surface area (Å²) in [6.45, 7) is 3.88. The van der Waals surface area contributed by atoms with Crippen molar-refractivity contribution in [2.45, 2.75) is 19.9 Å². The van der Waals surface area contributed by atoms with E-state index in [1.54, 1.807) is 7.11 Å². The average molecular weight is 348 g/mol. The molecular weight excluding hydrogens is 330 g/mol. The van der Waals surface area contributed by atoms with Gasteiger partial charge in [0.2, 0.25) is 0 Å². The number of carbonyl (C=O) groups excluding carboxylic acids is 1. The number of rotatable bonds is 4. The maximum absolute atomic E-state index is 12.4. The van der Waals surface area contributed by atoms with E-state index in [1.807, 2.05) is 56.3 Å². The van der Waals surface area contributed by atoms with Crippen LogP contribution >= 0.6 is 15.9 Å². The van der Waals surface area contributed by atoms with Gasteiger partial charge in [0.05, 0.1) is 13.2 Å². The summed E-state index contributed by atoms with van der Waals surface area (Å²) in [5, 5.41) is 3.02. The van der Waals surface area contributed by atoms with Gasteiger partial charge in [0.15, 0.2) is 0 Å². The third-order valence-electron chi connectivity index (χ3n) is 3.45. The summed E-state index contributed by atoms with van der Waals surface area (Å²) in [5.74, 6) is 0.705. The van der Waals surface area contributed by atoms with Gasteiger partial charge in [-0.05, 0) is 49.2 Å². The second-order valence-corrected chi connectivity index (χ2v) is 5.74. The molecule has 0 saturated carbocycles. The van der Waals surface area contributed by atoms with Crippen molar-refractivity contribution in [3.05, 3.63) is 63.6 Å². The van der Waals surface area contributed by atoms with Crippen LogP contribution in [0.1, 0.15) is 34.5 Å². The molecule has 2 rings (SSSR count). The highest BCUT2D eigenvalue weighted by Gasteiger charge is 2.14. The Morgan fingerprint density at radius 1 is 1.24 bits per heavy atom. The molecule has 1 atom stereocenters. The topological polar surface area (TPSA) is 38.3 Å². The smallest absolute Gasteiger partial charge is 0.252 e. The van der Waals surface area contributed by atoms with Gasteiger partial charge in [0, 0.05) is 10.0 Å². The molecule has 2 aromatic carbocycles. The third-order valence-corrected chi connectivity index (χ3v) is 4.31. The molecule has 0 aliphatic heterocycles. The first-order valence-corrected chi connectivity index (χ1v) is 7.52. The van der Waals surface area contributed by atoms with Crippen LogP contribution in [0.2, 0.25) is 0 Å². The largest absolute Gasteiger partial charge is 0.497 e. The summed E-state index contributed by atoms with van der Waals surface area (Å²) in [6, 6.07) is 13.2. The van der Waals surface area contributed by atoms with Crippen molar-refractivity contribution >= 4 is 21.8 Å². The van der Waals surface area contributed by atoms with E-state index in [-0.39, 0.29) is 11.9 Å². The Morgan fingerprint density at radius 3 is 2.67 bits per heavy atom. The fraction of sp³-hybridized carbons (Fsp3) is 0.235. The molecule has 4 heteroatoms.